The zero-order chi connectivity index (χ0) is 10.8. The van der Waals surface area contributed by atoms with Crippen LogP contribution in [0.4, 0.5) is 0 Å². The molecule has 1 heteroatoms. The van der Waals surface area contributed by atoms with Crippen LogP contribution in [0.25, 0.3) is 0 Å². The Kier molecular flexibility index (Phi) is 3.01. The fraction of sp³-hybridized carbons (Fsp3) is 0.538. The highest BCUT2D eigenvalue weighted by atomic mass is 15.0. The van der Waals surface area contributed by atoms with Crippen molar-refractivity contribution in [1.82, 2.24) is 5.32 Å². The molecule has 1 N–H and O–H groups in total. The third-order valence-corrected chi connectivity index (χ3v) is 2.18. The number of rotatable bonds is 2. The van der Waals surface area contributed by atoms with Crippen LogP contribution in [0.2, 0.25) is 0 Å². The molecule has 0 heterocycles. The molecule has 0 saturated heterocycles. The summed E-state index contributed by atoms with van der Waals surface area (Å²) in [5.41, 5.74) is 1.49. The van der Waals surface area contributed by atoms with E-state index < -0.39 is 0 Å². The average Bonchev–Trinajstić information content (AvgIpc) is 2.01. The Bertz CT molecular complexity index is 280. The van der Waals surface area contributed by atoms with Crippen LogP contribution in [0.15, 0.2) is 30.3 Å². The maximum absolute atomic E-state index is 3.61. The predicted molar refractivity (Wildman–Crippen MR) is 62.4 cm³/mol. The molecule has 0 aliphatic carbocycles. The van der Waals surface area contributed by atoms with Crippen LogP contribution in [-0.4, -0.2) is 5.54 Å². The van der Waals surface area contributed by atoms with Crippen molar-refractivity contribution in [2.75, 3.05) is 0 Å². The molecular formula is C13H21N. The highest BCUT2D eigenvalue weighted by Crippen LogP contribution is 2.22. The molecule has 0 atom stereocenters. The summed E-state index contributed by atoms with van der Waals surface area (Å²) in [4.78, 5) is 0. The second-order valence-electron chi connectivity index (χ2n) is 5.37. The van der Waals surface area contributed by atoms with E-state index in [0.717, 1.165) is 0 Å². The molecule has 1 aromatic carbocycles. The predicted octanol–water partition coefficient (Wildman–Crippen LogP) is 3.31. The van der Waals surface area contributed by atoms with Crippen molar-refractivity contribution in [3.05, 3.63) is 35.9 Å². The zero-order valence-corrected chi connectivity index (χ0v) is 9.89. The maximum Gasteiger partial charge on any atom is 0.0381 e. The van der Waals surface area contributed by atoms with Gasteiger partial charge in [-0.05, 0) is 40.2 Å². The van der Waals surface area contributed by atoms with Crippen molar-refractivity contribution in [3.63, 3.8) is 0 Å². The molecule has 1 nitrogen and oxygen atoms in total. The average molecular weight is 191 g/mol. The van der Waals surface area contributed by atoms with Crippen LogP contribution in [0.1, 0.15) is 40.2 Å². The van der Waals surface area contributed by atoms with Crippen LogP contribution in [0, 0.1) is 0 Å². The van der Waals surface area contributed by atoms with Gasteiger partial charge in [0.15, 0.2) is 0 Å². The van der Waals surface area contributed by atoms with E-state index in [0.29, 0.717) is 0 Å². The first kappa shape index (κ1) is 11.3. The summed E-state index contributed by atoms with van der Waals surface area (Å²) in [5, 5.41) is 3.61. The van der Waals surface area contributed by atoms with Crippen molar-refractivity contribution in [2.45, 2.75) is 45.7 Å². The van der Waals surface area contributed by atoms with Crippen molar-refractivity contribution >= 4 is 0 Å². The Morgan fingerprint density at radius 2 is 1.36 bits per heavy atom. The first-order valence-electron chi connectivity index (χ1n) is 5.16. The number of benzene rings is 1. The van der Waals surface area contributed by atoms with Gasteiger partial charge in [0, 0.05) is 11.1 Å². The van der Waals surface area contributed by atoms with E-state index in [9.17, 15) is 0 Å². The lowest BCUT2D eigenvalue weighted by Crippen LogP contribution is -2.48. The lowest BCUT2D eigenvalue weighted by molar-refractivity contribution is 0.286. The van der Waals surface area contributed by atoms with Gasteiger partial charge in [-0.1, -0.05) is 30.3 Å². The largest absolute Gasteiger partial charge is 0.303 e. The summed E-state index contributed by atoms with van der Waals surface area (Å²) in [6, 6.07) is 10.6. The third kappa shape index (κ3) is 3.15. The second kappa shape index (κ2) is 3.74. The van der Waals surface area contributed by atoms with Crippen molar-refractivity contribution in [2.24, 2.45) is 0 Å². The van der Waals surface area contributed by atoms with Gasteiger partial charge in [0.2, 0.25) is 0 Å². The smallest absolute Gasteiger partial charge is 0.0381 e. The Morgan fingerprint density at radius 3 is 1.79 bits per heavy atom. The molecule has 1 rings (SSSR count). The maximum atomic E-state index is 3.61. The van der Waals surface area contributed by atoms with Crippen molar-refractivity contribution in [1.29, 1.82) is 0 Å². The van der Waals surface area contributed by atoms with Gasteiger partial charge < -0.3 is 5.32 Å². The Labute approximate surface area is 87.5 Å². The number of hydrogen-bond acceptors (Lipinski definition) is 1. The summed E-state index contributed by atoms with van der Waals surface area (Å²) in [6.07, 6.45) is 0. The van der Waals surface area contributed by atoms with Crippen LogP contribution in [0.3, 0.4) is 0 Å². The quantitative estimate of drug-likeness (QED) is 0.756. The highest BCUT2D eigenvalue weighted by molar-refractivity contribution is 5.23. The first-order chi connectivity index (χ1) is 6.31. The minimum Gasteiger partial charge on any atom is -0.303 e. The summed E-state index contributed by atoms with van der Waals surface area (Å²) in [5.74, 6) is 0. The van der Waals surface area contributed by atoms with Gasteiger partial charge in [-0.25, -0.2) is 0 Å². The lowest BCUT2D eigenvalue weighted by atomic mass is 9.91. The topological polar surface area (TPSA) is 12.0 Å². The van der Waals surface area contributed by atoms with Crippen LogP contribution < -0.4 is 5.32 Å². The second-order valence-corrected chi connectivity index (χ2v) is 5.37. The molecule has 0 radical (unpaired) electrons. The molecule has 0 bridgehead atoms. The minimum atomic E-state index is 0.0273. The molecular weight excluding hydrogens is 170 g/mol. The Morgan fingerprint density at radius 1 is 0.857 bits per heavy atom. The first-order valence-corrected chi connectivity index (χ1v) is 5.16. The zero-order valence-electron chi connectivity index (χ0n) is 9.89. The van der Waals surface area contributed by atoms with E-state index in [-0.39, 0.29) is 11.1 Å². The van der Waals surface area contributed by atoms with Crippen molar-refractivity contribution < 1.29 is 0 Å². The summed E-state index contributed by atoms with van der Waals surface area (Å²) in [6.45, 7) is 11.0. The van der Waals surface area contributed by atoms with Gasteiger partial charge in [0.25, 0.3) is 0 Å². The summed E-state index contributed by atoms with van der Waals surface area (Å²) >= 11 is 0. The Hall–Kier alpha value is -0.820. The van der Waals surface area contributed by atoms with Gasteiger partial charge in [-0.3, -0.25) is 0 Å². The normalized spacial score (nSPS) is 12.9. The highest BCUT2D eigenvalue weighted by Gasteiger charge is 2.25. The van der Waals surface area contributed by atoms with E-state index in [4.69, 9.17) is 0 Å². The monoisotopic (exact) mass is 191 g/mol. The minimum absolute atomic E-state index is 0.0273. The van der Waals surface area contributed by atoms with E-state index in [1.165, 1.54) is 5.56 Å². The van der Waals surface area contributed by atoms with Crippen molar-refractivity contribution in [3.8, 4) is 0 Å². The number of hydrogen-bond donors (Lipinski definition) is 1. The van der Waals surface area contributed by atoms with Crippen LogP contribution in [-0.2, 0) is 5.54 Å². The van der Waals surface area contributed by atoms with Crippen LogP contribution >= 0.6 is 0 Å². The standard InChI is InChI=1S/C13H21N/c1-12(2,3)14-13(4,5)11-9-7-6-8-10-11/h6-10,14H,1-5H3. The summed E-state index contributed by atoms with van der Waals surface area (Å²) in [7, 11) is 0. The van der Waals surface area contributed by atoms with E-state index in [2.05, 4.69) is 70.3 Å². The fourth-order valence-electron chi connectivity index (χ4n) is 1.86. The molecule has 0 amide bonds. The van der Waals surface area contributed by atoms with E-state index >= 15 is 0 Å². The van der Waals surface area contributed by atoms with Crippen LogP contribution in [0.5, 0.6) is 0 Å². The SMILES string of the molecule is CC(C)(C)NC(C)(C)c1ccccc1. The Balaban J connectivity index is 2.86. The molecule has 1 aromatic rings. The van der Waals surface area contributed by atoms with Gasteiger partial charge in [0.05, 0.1) is 0 Å². The van der Waals surface area contributed by atoms with Gasteiger partial charge in [0.1, 0.15) is 0 Å². The molecule has 0 fully saturated rings. The van der Waals surface area contributed by atoms with E-state index in [1.807, 2.05) is 0 Å². The number of nitrogens with one attached hydrogen (secondary N) is 1. The fourth-order valence-corrected chi connectivity index (χ4v) is 1.86. The molecule has 0 saturated carbocycles. The third-order valence-electron chi connectivity index (χ3n) is 2.18. The molecule has 0 aromatic heterocycles. The van der Waals surface area contributed by atoms with Gasteiger partial charge in [-0.2, -0.15) is 0 Å². The molecule has 78 valence electrons. The van der Waals surface area contributed by atoms with Gasteiger partial charge in [-0.15, -0.1) is 0 Å². The lowest BCUT2D eigenvalue weighted by Gasteiger charge is -2.35. The van der Waals surface area contributed by atoms with Gasteiger partial charge >= 0.3 is 0 Å². The molecule has 0 aliphatic rings. The molecule has 14 heavy (non-hydrogen) atoms. The summed E-state index contributed by atoms with van der Waals surface area (Å²) < 4.78 is 0. The van der Waals surface area contributed by atoms with E-state index in [1.54, 1.807) is 0 Å². The molecule has 0 aliphatic heterocycles. The molecule has 0 unspecified atom stereocenters. The molecule has 0 spiro atoms.